The molecule has 0 heterocycles. The molecule has 2 N–H and O–H groups in total. The number of rotatable bonds is 10. The lowest BCUT2D eigenvalue weighted by atomic mass is 10.1. The van der Waals surface area contributed by atoms with Crippen molar-refractivity contribution < 1.29 is 17.9 Å². The molecule has 0 spiro atoms. The van der Waals surface area contributed by atoms with E-state index >= 15 is 0 Å². The lowest BCUT2D eigenvalue weighted by molar-refractivity contribution is -0.122. The molecular weight excluding hydrogens is 412 g/mol. The minimum atomic E-state index is -3.91. The van der Waals surface area contributed by atoms with Crippen LogP contribution < -0.4 is 14.8 Å². The van der Waals surface area contributed by atoms with E-state index in [1.807, 2.05) is 67.6 Å². The van der Waals surface area contributed by atoms with Crippen molar-refractivity contribution in [3.63, 3.8) is 0 Å². The largest absolute Gasteiger partial charge is 0.494 e. The molecule has 1 atom stereocenters. The second-order valence-electron chi connectivity index (χ2n) is 6.97. The van der Waals surface area contributed by atoms with Gasteiger partial charge in [0.25, 0.3) is 0 Å². The zero-order chi connectivity index (χ0) is 22.1. The number of carbonyl (C=O) groups is 1. The fourth-order valence-electron chi connectivity index (χ4n) is 3.08. The molecule has 3 aromatic carbocycles. The van der Waals surface area contributed by atoms with Gasteiger partial charge in [-0.1, -0.05) is 60.7 Å². The molecule has 0 fully saturated rings. The average Bonchev–Trinajstić information content (AvgIpc) is 2.79. The van der Waals surface area contributed by atoms with Gasteiger partial charge in [-0.25, -0.2) is 8.42 Å². The van der Waals surface area contributed by atoms with E-state index in [0.717, 1.165) is 11.1 Å². The van der Waals surface area contributed by atoms with Gasteiger partial charge in [0.1, 0.15) is 11.8 Å². The molecule has 162 valence electrons. The maximum absolute atomic E-state index is 12.9. The number of carbonyl (C=O) groups excluding carboxylic acids is 1. The summed E-state index contributed by atoms with van der Waals surface area (Å²) in [4.78, 5) is 13.0. The second-order valence-corrected chi connectivity index (χ2v) is 8.69. The molecule has 3 aromatic rings. The molecule has 1 amide bonds. The Morgan fingerprint density at radius 3 is 2.03 bits per heavy atom. The van der Waals surface area contributed by atoms with Crippen molar-refractivity contribution in [1.29, 1.82) is 0 Å². The summed E-state index contributed by atoms with van der Waals surface area (Å²) in [5.41, 5.74) is 1.79. The van der Waals surface area contributed by atoms with Gasteiger partial charge in [0, 0.05) is 6.54 Å². The highest BCUT2D eigenvalue weighted by atomic mass is 32.2. The fraction of sp³-hybridized carbons (Fsp3) is 0.208. The van der Waals surface area contributed by atoms with Crippen molar-refractivity contribution in [3.05, 3.63) is 96.1 Å². The van der Waals surface area contributed by atoms with Crippen LogP contribution in [0.3, 0.4) is 0 Å². The van der Waals surface area contributed by atoms with Crippen LogP contribution in [0.1, 0.15) is 18.1 Å². The zero-order valence-electron chi connectivity index (χ0n) is 17.3. The average molecular weight is 439 g/mol. The minimum absolute atomic E-state index is 0.0740. The van der Waals surface area contributed by atoms with Crippen molar-refractivity contribution in [3.8, 4) is 5.75 Å². The molecule has 0 aliphatic heterocycles. The Balaban J connectivity index is 1.77. The van der Waals surface area contributed by atoms with Crippen LogP contribution in [0.4, 0.5) is 0 Å². The predicted octanol–water partition coefficient (Wildman–Crippen LogP) is 3.29. The van der Waals surface area contributed by atoms with E-state index in [2.05, 4.69) is 10.0 Å². The Morgan fingerprint density at radius 1 is 0.871 bits per heavy atom. The normalized spacial score (nSPS) is 12.2. The predicted molar refractivity (Wildman–Crippen MR) is 120 cm³/mol. The van der Waals surface area contributed by atoms with Crippen LogP contribution in [0.15, 0.2) is 89.8 Å². The molecule has 0 saturated carbocycles. The Labute approximate surface area is 183 Å². The summed E-state index contributed by atoms with van der Waals surface area (Å²) in [7, 11) is -3.91. The van der Waals surface area contributed by atoms with Gasteiger partial charge in [-0.2, -0.15) is 4.72 Å². The molecule has 0 bridgehead atoms. The summed E-state index contributed by atoms with van der Waals surface area (Å²) in [5, 5.41) is 2.83. The van der Waals surface area contributed by atoms with Crippen molar-refractivity contribution in [2.75, 3.05) is 6.61 Å². The molecule has 0 aromatic heterocycles. The van der Waals surface area contributed by atoms with Gasteiger partial charge in [0.15, 0.2) is 0 Å². The molecule has 6 nitrogen and oxygen atoms in total. The maximum atomic E-state index is 12.9. The van der Waals surface area contributed by atoms with Crippen molar-refractivity contribution in [1.82, 2.24) is 10.0 Å². The van der Waals surface area contributed by atoms with Gasteiger partial charge >= 0.3 is 0 Å². The van der Waals surface area contributed by atoms with Crippen LogP contribution >= 0.6 is 0 Å². The Kier molecular flexibility index (Phi) is 7.81. The van der Waals surface area contributed by atoms with Crippen molar-refractivity contribution >= 4 is 15.9 Å². The van der Waals surface area contributed by atoms with E-state index in [-0.39, 0.29) is 17.2 Å². The first kappa shape index (κ1) is 22.5. The van der Waals surface area contributed by atoms with Gasteiger partial charge in [-0.15, -0.1) is 0 Å². The Bertz CT molecular complexity index is 1070. The molecule has 0 aliphatic rings. The molecule has 3 rings (SSSR count). The van der Waals surface area contributed by atoms with Crippen LogP contribution in [0, 0.1) is 0 Å². The van der Waals surface area contributed by atoms with E-state index in [4.69, 9.17) is 4.74 Å². The smallest absolute Gasteiger partial charge is 0.241 e. The van der Waals surface area contributed by atoms with E-state index < -0.39 is 16.1 Å². The Hall–Kier alpha value is -3.16. The van der Waals surface area contributed by atoms with Gasteiger partial charge < -0.3 is 10.1 Å². The molecule has 0 aliphatic carbocycles. The van der Waals surface area contributed by atoms with E-state index in [1.165, 1.54) is 12.1 Å². The summed E-state index contributed by atoms with van der Waals surface area (Å²) < 4.78 is 33.8. The summed E-state index contributed by atoms with van der Waals surface area (Å²) in [6.07, 6.45) is 0.234. The summed E-state index contributed by atoms with van der Waals surface area (Å²) in [6, 6.07) is 24.0. The first-order valence-corrected chi connectivity index (χ1v) is 11.6. The van der Waals surface area contributed by atoms with Crippen LogP contribution in [0.5, 0.6) is 5.75 Å². The third kappa shape index (κ3) is 6.67. The molecule has 0 radical (unpaired) electrons. The number of sulfonamides is 1. The third-order valence-corrected chi connectivity index (χ3v) is 6.14. The van der Waals surface area contributed by atoms with Gasteiger partial charge in [-0.3, -0.25) is 4.79 Å². The quantitative estimate of drug-likeness (QED) is 0.509. The lowest BCUT2D eigenvalue weighted by Crippen LogP contribution is -2.47. The van der Waals surface area contributed by atoms with E-state index in [9.17, 15) is 13.2 Å². The zero-order valence-corrected chi connectivity index (χ0v) is 18.1. The van der Waals surface area contributed by atoms with Crippen LogP contribution in [-0.4, -0.2) is 27.0 Å². The Morgan fingerprint density at radius 2 is 1.45 bits per heavy atom. The first-order valence-electron chi connectivity index (χ1n) is 10.1. The highest BCUT2D eigenvalue weighted by Crippen LogP contribution is 2.17. The van der Waals surface area contributed by atoms with Gasteiger partial charge in [0.2, 0.25) is 15.9 Å². The van der Waals surface area contributed by atoms with Crippen molar-refractivity contribution in [2.24, 2.45) is 0 Å². The highest BCUT2D eigenvalue weighted by Gasteiger charge is 2.26. The fourth-order valence-corrected chi connectivity index (χ4v) is 4.28. The van der Waals surface area contributed by atoms with Crippen LogP contribution in [0.2, 0.25) is 0 Å². The molecule has 31 heavy (non-hydrogen) atoms. The number of nitrogens with one attached hydrogen (secondary N) is 2. The lowest BCUT2D eigenvalue weighted by Gasteiger charge is -2.19. The maximum Gasteiger partial charge on any atom is 0.241 e. The molecular formula is C24H26N2O4S. The number of benzene rings is 3. The SMILES string of the molecule is CCOc1ccc(S(=O)(=O)NC(Cc2ccccc2)C(=O)NCc2ccccc2)cc1. The number of ether oxygens (including phenoxy) is 1. The van der Waals surface area contributed by atoms with E-state index in [1.54, 1.807) is 12.1 Å². The molecule has 1 unspecified atom stereocenters. The van der Waals surface area contributed by atoms with E-state index in [0.29, 0.717) is 18.9 Å². The molecule has 0 saturated heterocycles. The summed E-state index contributed by atoms with van der Waals surface area (Å²) in [6.45, 7) is 2.66. The van der Waals surface area contributed by atoms with Gasteiger partial charge in [-0.05, 0) is 48.7 Å². The summed E-state index contributed by atoms with van der Waals surface area (Å²) in [5.74, 6) is 0.199. The summed E-state index contributed by atoms with van der Waals surface area (Å²) >= 11 is 0. The van der Waals surface area contributed by atoms with Crippen molar-refractivity contribution in [2.45, 2.75) is 30.8 Å². The first-order chi connectivity index (χ1) is 15.0. The number of hydrogen-bond acceptors (Lipinski definition) is 4. The van der Waals surface area contributed by atoms with Crippen LogP contribution in [-0.2, 0) is 27.8 Å². The van der Waals surface area contributed by atoms with Crippen LogP contribution in [0.25, 0.3) is 0 Å². The highest BCUT2D eigenvalue weighted by molar-refractivity contribution is 7.89. The number of hydrogen-bond donors (Lipinski definition) is 2. The second kappa shape index (κ2) is 10.7. The molecule has 7 heteroatoms. The van der Waals surface area contributed by atoms with Gasteiger partial charge in [0.05, 0.1) is 11.5 Å². The standard InChI is InChI=1S/C24H26N2O4S/c1-2-30-21-13-15-22(16-14-21)31(28,29)26-23(17-19-9-5-3-6-10-19)24(27)25-18-20-11-7-4-8-12-20/h3-16,23,26H,2,17-18H2,1H3,(H,25,27). The monoisotopic (exact) mass is 438 g/mol. The number of amides is 1. The topological polar surface area (TPSA) is 84.5 Å². The minimum Gasteiger partial charge on any atom is -0.494 e. The third-order valence-electron chi connectivity index (χ3n) is 4.65.